The molecule has 0 aliphatic carbocycles. The molecule has 1 aliphatic rings. The van der Waals surface area contributed by atoms with E-state index in [1.54, 1.807) is 18.4 Å². The quantitative estimate of drug-likeness (QED) is 0.553. The molecule has 0 radical (unpaired) electrons. The van der Waals surface area contributed by atoms with Crippen LogP contribution in [0.2, 0.25) is 0 Å². The van der Waals surface area contributed by atoms with Gasteiger partial charge in [-0.2, -0.15) is 0 Å². The van der Waals surface area contributed by atoms with Crippen LogP contribution in [0.15, 0.2) is 47.8 Å². The number of hydrogen-bond acceptors (Lipinski definition) is 7. The van der Waals surface area contributed by atoms with Gasteiger partial charge in [0, 0.05) is 36.5 Å². The molecule has 7 nitrogen and oxygen atoms in total. The van der Waals surface area contributed by atoms with Gasteiger partial charge in [0.05, 0.1) is 23.5 Å². The standard InChI is InChI=1S/C24H28N4O3S/c1-3-25-24(29)31-15-19-16-32-23(26-19)18-11-13-28(14-12-18)22-6-4-5-21(27-22)17-7-9-20(30-2)10-8-17/h4-10,16,18H,3,11-15H2,1-2H3,(H,25,29). The zero-order valence-corrected chi connectivity index (χ0v) is 19.2. The Kier molecular flexibility index (Phi) is 7.21. The molecule has 3 heterocycles. The molecular weight excluding hydrogens is 424 g/mol. The Labute approximate surface area is 192 Å². The molecule has 4 rings (SSSR count). The summed E-state index contributed by atoms with van der Waals surface area (Å²) < 4.78 is 10.4. The molecule has 0 spiro atoms. The largest absolute Gasteiger partial charge is 0.497 e. The van der Waals surface area contributed by atoms with Crippen LogP contribution in [0.25, 0.3) is 11.3 Å². The molecule has 1 fully saturated rings. The van der Waals surface area contributed by atoms with Crippen LogP contribution >= 0.6 is 11.3 Å². The van der Waals surface area contributed by atoms with Crippen molar-refractivity contribution in [1.29, 1.82) is 0 Å². The van der Waals surface area contributed by atoms with E-state index < -0.39 is 6.09 Å². The first-order chi connectivity index (χ1) is 15.7. The lowest BCUT2D eigenvalue weighted by Gasteiger charge is -2.32. The number of carbonyl (C=O) groups excluding carboxylic acids is 1. The van der Waals surface area contributed by atoms with Gasteiger partial charge in [0.15, 0.2) is 0 Å². The molecule has 8 heteroatoms. The van der Waals surface area contributed by atoms with Crippen molar-refractivity contribution in [2.75, 3.05) is 31.6 Å². The number of piperidine rings is 1. The van der Waals surface area contributed by atoms with Gasteiger partial charge in [-0.1, -0.05) is 6.07 Å². The van der Waals surface area contributed by atoms with Gasteiger partial charge in [0.2, 0.25) is 0 Å². The van der Waals surface area contributed by atoms with Crippen molar-refractivity contribution in [3.05, 3.63) is 58.5 Å². The molecule has 0 atom stereocenters. The van der Waals surface area contributed by atoms with Gasteiger partial charge in [-0.15, -0.1) is 11.3 Å². The molecule has 0 saturated carbocycles. The Morgan fingerprint density at radius 1 is 1.16 bits per heavy atom. The van der Waals surface area contributed by atoms with Gasteiger partial charge >= 0.3 is 6.09 Å². The van der Waals surface area contributed by atoms with E-state index in [0.29, 0.717) is 12.5 Å². The number of aromatic nitrogens is 2. The maximum atomic E-state index is 11.5. The van der Waals surface area contributed by atoms with E-state index in [1.807, 2.05) is 42.6 Å². The van der Waals surface area contributed by atoms with E-state index in [-0.39, 0.29) is 6.61 Å². The molecule has 168 valence electrons. The zero-order chi connectivity index (χ0) is 22.3. The summed E-state index contributed by atoms with van der Waals surface area (Å²) in [7, 11) is 1.67. The lowest BCUT2D eigenvalue weighted by atomic mass is 9.97. The van der Waals surface area contributed by atoms with Gasteiger partial charge in [-0.3, -0.25) is 0 Å². The average Bonchev–Trinajstić information content (AvgIpc) is 3.32. The summed E-state index contributed by atoms with van der Waals surface area (Å²) in [6, 6.07) is 14.2. The smallest absolute Gasteiger partial charge is 0.407 e. The van der Waals surface area contributed by atoms with Crippen LogP contribution in [0.5, 0.6) is 5.75 Å². The zero-order valence-electron chi connectivity index (χ0n) is 18.4. The van der Waals surface area contributed by atoms with Gasteiger partial charge < -0.3 is 19.7 Å². The minimum absolute atomic E-state index is 0.212. The Bertz CT molecular complexity index is 1030. The third-order valence-electron chi connectivity index (χ3n) is 5.53. The summed E-state index contributed by atoms with van der Waals surface area (Å²) in [5.74, 6) is 2.28. The fraction of sp³-hybridized carbons (Fsp3) is 0.375. The van der Waals surface area contributed by atoms with E-state index in [0.717, 1.165) is 59.5 Å². The fourth-order valence-electron chi connectivity index (χ4n) is 3.79. The summed E-state index contributed by atoms with van der Waals surface area (Å²) in [6.45, 7) is 4.50. The van der Waals surface area contributed by atoms with Crippen molar-refractivity contribution >= 4 is 23.2 Å². The molecule has 0 unspecified atom stereocenters. The molecule has 32 heavy (non-hydrogen) atoms. The number of pyridine rings is 1. The van der Waals surface area contributed by atoms with Crippen LogP contribution in [-0.2, 0) is 11.3 Å². The predicted octanol–water partition coefficient (Wildman–Crippen LogP) is 4.84. The number of ether oxygens (including phenoxy) is 2. The number of hydrogen-bond donors (Lipinski definition) is 1. The lowest BCUT2D eigenvalue weighted by Crippen LogP contribution is -2.33. The lowest BCUT2D eigenvalue weighted by molar-refractivity contribution is 0.139. The predicted molar refractivity (Wildman–Crippen MR) is 126 cm³/mol. The number of alkyl carbamates (subject to hydrolysis) is 1. The minimum Gasteiger partial charge on any atom is -0.497 e. The van der Waals surface area contributed by atoms with Crippen molar-refractivity contribution in [2.45, 2.75) is 32.3 Å². The second-order valence-corrected chi connectivity index (χ2v) is 8.54. The molecule has 1 amide bonds. The first-order valence-electron chi connectivity index (χ1n) is 10.9. The molecule has 1 N–H and O–H groups in total. The second kappa shape index (κ2) is 10.5. The molecule has 1 aliphatic heterocycles. The van der Waals surface area contributed by atoms with Crippen molar-refractivity contribution < 1.29 is 14.3 Å². The van der Waals surface area contributed by atoms with Gasteiger partial charge in [-0.05, 0) is 56.2 Å². The van der Waals surface area contributed by atoms with Crippen molar-refractivity contribution in [3.8, 4) is 17.0 Å². The van der Waals surface area contributed by atoms with Crippen LogP contribution in [0.3, 0.4) is 0 Å². The van der Waals surface area contributed by atoms with Crippen LogP contribution < -0.4 is 15.0 Å². The molecule has 1 aromatic carbocycles. The number of amides is 1. The van der Waals surface area contributed by atoms with Gasteiger partial charge in [0.1, 0.15) is 18.2 Å². The number of thiazole rings is 1. The summed E-state index contributed by atoms with van der Waals surface area (Å²) >= 11 is 1.65. The first kappa shape index (κ1) is 22.1. The molecular formula is C24H28N4O3S. The normalized spacial score (nSPS) is 14.2. The van der Waals surface area contributed by atoms with Crippen molar-refractivity contribution in [1.82, 2.24) is 15.3 Å². The fourth-order valence-corrected chi connectivity index (χ4v) is 4.76. The highest BCUT2D eigenvalue weighted by Gasteiger charge is 2.24. The number of nitrogens with one attached hydrogen (secondary N) is 1. The second-order valence-electron chi connectivity index (χ2n) is 7.65. The van der Waals surface area contributed by atoms with Gasteiger partial charge in [0.25, 0.3) is 0 Å². The monoisotopic (exact) mass is 452 g/mol. The van der Waals surface area contributed by atoms with Crippen molar-refractivity contribution in [2.24, 2.45) is 0 Å². The average molecular weight is 453 g/mol. The third kappa shape index (κ3) is 5.37. The Morgan fingerprint density at radius 3 is 2.66 bits per heavy atom. The molecule has 0 bridgehead atoms. The van der Waals surface area contributed by atoms with Crippen LogP contribution in [0.1, 0.15) is 36.4 Å². The van der Waals surface area contributed by atoms with E-state index >= 15 is 0 Å². The number of methoxy groups -OCH3 is 1. The summed E-state index contributed by atoms with van der Waals surface area (Å²) in [6.07, 6.45) is 1.65. The Balaban J connectivity index is 1.34. The van der Waals surface area contributed by atoms with E-state index in [9.17, 15) is 4.79 Å². The van der Waals surface area contributed by atoms with E-state index in [1.165, 1.54) is 0 Å². The molecule has 2 aromatic heterocycles. The molecule has 3 aromatic rings. The van der Waals surface area contributed by atoms with Gasteiger partial charge in [-0.25, -0.2) is 14.8 Å². The number of carbonyl (C=O) groups is 1. The van der Waals surface area contributed by atoms with Crippen molar-refractivity contribution in [3.63, 3.8) is 0 Å². The summed E-state index contributed by atoms with van der Waals surface area (Å²) in [4.78, 5) is 23.4. The maximum Gasteiger partial charge on any atom is 0.407 e. The number of benzene rings is 1. The van der Waals surface area contributed by atoms with Crippen LogP contribution in [0, 0.1) is 0 Å². The van der Waals surface area contributed by atoms with E-state index in [4.69, 9.17) is 19.4 Å². The minimum atomic E-state index is -0.403. The highest BCUT2D eigenvalue weighted by atomic mass is 32.1. The first-order valence-corrected chi connectivity index (χ1v) is 11.8. The SMILES string of the molecule is CCNC(=O)OCc1csc(C2CCN(c3cccc(-c4ccc(OC)cc4)n3)CC2)n1. The summed E-state index contributed by atoms with van der Waals surface area (Å²) in [5.41, 5.74) is 2.85. The highest BCUT2D eigenvalue weighted by Crippen LogP contribution is 2.32. The Morgan fingerprint density at radius 2 is 1.94 bits per heavy atom. The number of nitrogens with zero attached hydrogens (tertiary/aromatic N) is 3. The number of anilines is 1. The van der Waals surface area contributed by atoms with Crippen LogP contribution in [0.4, 0.5) is 10.6 Å². The Hall–Kier alpha value is -3.13. The van der Waals surface area contributed by atoms with E-state index in [2.05, 4.69) is 22.3 Å². The number of rotatable bonds is 7. The third-order valence-corrected chi connectivity index (χ3v) is 6.59. The molecule has 1 saturated heterocycles. The maximum absolute atomic E-state index is 11.5. The highest BCUT2D eigenvalue weighted by molar-refractivity contribution is 7.09. The topological polar surface area (TPSA) is 76.6 Å². The summed E-state index contributed by atoms with van der Waals surface area (Å²) in [5, 5.41) is 5.73. The van der Waals surface area contributed by atoms with Crippen LogP contribution in [-0.4, -0.2) is 42.8 Å².